The van der Waals surface area contributed by atoms with Gasteiger partial charge in [0.2, 0.25) is 5.91 Å². The first-order valence-corrected chi connectivity index (χ1v) is 8.64. The summed E-state index contributed by atoms with van der Waals surface area (Å²) in [5.74, 6) is 0.849. The molecule has 122 valence electrons. The van der Waals surface area contributed by atoms with Gasteiger partial charge in [-0.2, -0.15) is 0 Å². The standard InChI is InChI=1S/C19H23NO2S/c1-14-9-11-17(12-10-14)22-13-15(2)20-19(21)16(3)23-18-7-5-4-6-8-18/h4-12,15-16H,13H2,1-3H3,(H,20,21)/t15-,16-/m0/s1. The van der Waals surface area contributed by atoms with Crippen LogP contribution in [0.3, 0.4) is 0 Å². The Hall–Kier alpha value is -1.94. The molecule has 0 aliphatic heterocycles. The number of nitrogens with one attached hydrogen (secondary N) is 1. The maximum Gasteiger partial charge on any atom is 0.233 e. The van der Waals surface area contributed by atoms with Crippen LogP contribution < -0.4 is 10.1 Å². The lowest BCUT2D eigenvalue weighted by Crippen LogP contribution is -2.40. The lowest BCUT2D eigenvalue weighted by atomic mass is 10.2. The third-order valence-electron chi connectivity index (χ3n) is 3.33. The average molecular weight is 329 g/mol. The first-order chi connectivity index (χ1) is 11.0. The van der Waals surface area contributed by atoms with E-state index >= 15 is 0 Å². The van der Waals surface area contributed by atoms with Crippen molar-refractivity contribution in [3.63, 3.8) is 0 Å². The van der Waals surface area contributed by atoms with Gasteiger partial charge in [0.1, 0.15) is 12.4 Å². The zero-order valence-corrected chi connectivity index (χ0v) is 14.6. The number of aryl methyl sites for hydroxylation is 1. The van der Waals surface area contributed by atoms with Gasteiger partial charge >= 0.3 is 0 Å². The zero-order chi connectivity index (χ0) is 16.7. The van der Waals surface area contributed by atoms with Crippen LogP contribution >= 0.6 is 11.8 Å². The van der Waals surface area contributed by atoms with Gasteiger partial charge in [0.15, 0.2) is 0 Å². The number of hydrogen-bond acceptors (Lipinski definition) is 3. The molecule has 1 amide bonds. The highest BCUT2D eigenvalue weighted by atomic mass is 32.2. The highest BCUT2D eigenvalue weighted by Crippen LogP contribution is 2.22. The maximum absolute atomic E-state index is 12.2. The van der Waals surface area contributed by atoms with Crippen molar-refractivity contribution in [2.24, 2.45) is 0 Å². The largest absolute Gasteiger partial charge is 0.491 e. The molecule has 0 bridgehead atoms. The molecule has 0 radical (unpaired) electrons. The predicted octanol–water partition coefficient (Wildman–Crippen LogP) is 4.06. The summed E-state index contributed by atoms with van der Waals surface area (Å²) in [6, 6.07) is 17.8. The maximum atomic E-state index is 12.2. The second kappa shape index (κ2) is 8.63. The Morgan fingerprint density at radius 2 is 1.74 bits per heavy atom. The van der Waals surface area contributed by atoms with E-state index in [1.807, 2.05) is 75.4 Å². The van der Waals surface area contributed by atoms with Gasteiger partial charge in [-0.15, -0.1) is 11.8 Å². The Kier molecular flexibility index (Phi) is 6.53. The molecule has 0 aromatic heterocycles. The zero-order valence-electron chi connectivity index (χ0n) is 13.8. The van der Waals surface area contributed by atoms with Crippen LogP contribution in [0.2, 0.25) is 0 Å². The Morgan fingerprint density at radius 3 is 2.39 bits per heavy atom. The molecule has 4 heteroatoms. The van der Waals surface area contributed by atoms with Crippen molar-refractivity contribution in [2.75, 3.05) is 6.61 Å². The molecule has 0 spiro atoms. The van der Waals surface area contributed by atoms with Crippen molar-refractivity contribution in [1.82, 2.24) is 5.32 Å². The fourth-order valence-electron chi connectivity index (χ4n) is 2.01. The normalized spacial score (nSPS) is 13.2. The summed E-state index contributed by atoms with van der Waals surface area (Å²) in [5, 5.41) is 2.86. The van der Waals surface area contributed by atoms with E-state index in [2.05, 4.69) is 5.32 Å². The van der Waals surface area contributed by atoms with Crippen LogP contribution in [0, 0.1) is 6.92 Å². The number of hydrogen-bond donors (Lipinski definition) is 1. The van der Waals surface area contributed by atoms with Crippen molar-refractivity contribution >= 4 is 17.7 Å². The summed E-state index contributed by atoms with van der Waals surface area (Å²) in [7, 11) is 0. The minimum Gasteiger partial charge on any atom is -0.491 e. The van der Waals surface area contributed by atoms with Gasteiger partial charge in [0, 0.05) is 4.90 Å². The van der Waals surface area contributed by atoms with Crippen LogP contribution in [0.15, 0.2) is 59.5 Å². The first-order valence-electron chi connectivity index (χ1n) is 7.76. The van der Waals surface area contributed by atoms with E-state index < -0.39 is 0 Å². The molecule has 2 atom stereocenters. The van der Waals surface area contributed by atoms with Gasteiger partial charge in [-0.3, -0.25) is 4.79 Å². The third kappa shape index (κ3) is 5.99. The second-order valence-corrected chi connectivity index (χ2v) is 7.02. The number of carbonyl (C=O) groups is 1. The minimum atomic E-state index is -0.140. The van der Waals surface area contributed by atoms with Gasteiger partial charge in [-0.25, -0.2) is 0 Å². The Labute approximate surface area is 142 Å². The number of rotatable bonds is 7. The summed E-state index contributed by atoms with van der Waals surface area (Å²) in [4.78, 5) is 13.3. The number of ether oxygens (including phenoxy) is 1. The first kappa shape index (κ1) is 17.4. The van der Waals surface area contributed by atoms with Crippen LogP contribution in [0.5, 0.6) is 5.75 Å². The molecular formula is C19H23NO2S. The van der Waals surface area contributed by atoms with Crippen molar-refractivity contribution < 1.29 is 9.53 Å². The molecule has 0 saturated heterocycles. The van der Waals surface area contributed by atoms with E-state index in [-0.39, 0.29) is 17.2 Å². The molecule has 2 aromatic carbocycles. The molecule has 1 N–H and O–H groups in total. The molecule has 3 nitrogen and oxygen atoms in total. The van der Waals surface area contributed by atoms with Gasteiger partial charge in [0.25, 0.3) is 0 Å². The molecule has 0 heterocycles. The van der Waals surface area contributed by atoms with Crippen molar-refractivity contribution in [3.05, 3.63) is 60.2 Å². The Bertz CT molecular complexity index is 613. The highest BCUT2D eigenvalue weighted by molar-refractivity contribution is 8.00. The number of benzene rings is 2. The number of thioether (sulfide) groups is 1. The molecule has 0 aliphatic rings. The lowest BCUT2D eigenvalue weighted by Gasteiger charge is -2.18. The Morgan fingerprint density at radius 1 is 1.09 bits per heavy atom. The average Bonchev–Trinajstić information content (AvgIpc) is 2.55. The smallest absolute Gasteiger partial charge is 0.233 e. The minimum absolute atomic E-state index is 0.0267. The molecular weight excluding hydrogens is 306 g/mol. The predicted molar refractivity (Wildman–Crippen MR) is 96.0 cm³/mol. The van der Waals surface area contributed by atoms with Crippen molar-refractivity contribution in [2.45, 2.75) is 37.0 Å². The Balaban J connectivity index is 1.76. The quantitative estimate of drug-likeness (QED) is 0.779. The molecule has 0 unspecified atom stereocenters. The van der Waals surface area contributed by atoms with E-state index in [9.17, 15) is 4.79 Å². The van der Waals surface area contributed by atoms with Gasteiger partial charge in [0.05, 0.1) is 11.3 Å². The monoisotopic (exact) mass is 329 g/mol. The van der Waals surface area contributed by atoms with E-state index in [1.165, 1.54) is 5.56 Å². The highest BCUT2D eigenvalue weighted by Gasteiger charge is 2.16. The second-order valence-electron chi connectivity index (χ2n) is 5.61. The van der Waals surface area contributed by atoms with E-state index in [1.54, 1.807) is 11.8 Å². The summed E-state index contributed by atoms with van der Waals surface area (Å²) in [6.07, 6.45) is 0. The third-order valence-corrected chi connectivity index (χ3v) is 4.45. The van der Waals surface area contributed by atoms with Crippen LogP contribution in [-0.4, -0.2) is 23.8 Å². The molecule has 0 saturated carbocycles. The van der Waals surface area contributed by atoms with Crippen LogP contribution in [-0.2, 0) is 4.79 Å². The molecule has 0 fully saturated rings. The lowest BCUT2D eigenvalue weighted by molar-refractivity contribution is -0.121. The molecule has 0 aliphatic carbocycles. The van der Waals surface area contributed by atoms with Crippen molar-refractivity contribution in [1.29, 1.82) is 0 Å². The molecule has 2 aromatic rings. The number of amides is 1. The van der Waals surface area contributed by atoms with Gasteiger partial charge < -0.3 is 10.1 Å². The topological polar surface area (TPSA) is 38.3 Å². The van der Waals surface area contributed by atoms with E-state index in [0.717, 1.165) is 10.6 Å². The van der Waals surface area contributed by atoms with E-state index in [0.29, 0.717) is 6.61 Å². The molecule has 2 rings (SSSR count). The summed E-state index contributed by atoms with van der Waals surface area (Å²) in [6.45, 7) is 6.36. The van der Waals surface area contributed by atoms with Crippen molar-refractivity contribution in [3.8, 4) is 5.75 Å². The van der Waals surface area contributed by atoms with Crippen LogP contribution in [0.1, 0.15) is 19.4 Å². The number of carbonyl (C=O) groups excluding carboxylic acids is 1. The van der Waals surface area contributed by atoms with Crippen LogP contribution in [0.4, 0.5) is 0 Å². The summed E-state index contributed by atoms with van der Waals surface area (Å²) < 4.78 is 5.70. The van der Waals surface area contributed by atoms with Crippen LogP contribution in [0.25, 0.3) is 0 Å². The summed E-state index contributed by atoms with van der Waals surface area (Å²) >= 11 is 1.56. The SMILES string of the molecule is Cc1ccc(OC[C@H](C)NC(=O)[C@H](C)Sc2ccccc2)cc1. The van der Waals surface area contributed by atoms with Gasteiger partial charge in [-0.1, -0.05) is 35.9 Å². The van der Waals surface area contributed by atoms with Gasteiger partial charge in [-0.05, 0) is 45.0 Å². The fourth-order valence-corrected chi connectivity index (χ4v) is 2.91. The fraction of sp³-hybridized carbons (Fsp3) is 0.316. The molecule has 23 heavy (non-hydrogen) atoms. The summed E-state index contributed by atoms with van der Waals surface area (Å²) in [5.41, 5.74) is 1.20. The van der Waals surface area contributed by atoms with E-state index in [4.69, 9.17) is 4.74 Å².